The lowest BCUT2D eigenvalue weighted by atomic mass is 10.2. The van der Waals surface area contributed by atoms with E-state index < -0.39 is 4.92 Å². The second-order valence-corrected chi connectivity index (χ2v) is 4.61. The van der Waals surface area contributed by atoms with Crippen molar-refractivity contribution >= 4 is 17.7 Å². The highest BCUT2D eigenvalue weighted by Crippen LogP contribution is 2.33. The van der Waals surface area contributed by atoms with Crippen LogP contribution in [0.5, 0.6) is 5.75 Å². The highest BCUT2D eigenvalue weighted by Gasteiger charge is 2.23. The van der Waals surface area contributed by atoms with Crippen molar-refractivity contribution in [1.29, 1.82) is 0 Å². The number of nitro groups is 1. The van der Waals surface area contributed by atoms with Gasteiger partial charge < -0.3 is 10.6 Å². The predicted octanol–water partition coefficient (Wildman–Crippen LogP) is 1.50. The van der Waals surface area contributed by atoms with Crippen LogP contribution in [0.15, 0.2) is 23.3 Å². The van der Waals surface area contributed by atoms with Crippen LogP contribution in [-0.2, 0) is 0 Å². The van der Waals surface area contributed by atoms with Crippen LogP contribution >= 0.6 is 0 Å². The monoisotopic (exact) mass is 279 g/mol. The van der Waals surface area contributed by atoms with Gasteiger partial charge in [0.05, 0.1) is 16.7 Å². The molecule has 20 heavy (non-hydrogen) atoms. The zero-order valence-electron chi connectivity index (χ0n) is 10.9. The minimum atomic E-state index is -0.485. The molecule has 0 heterocycles. The van der Waals surface area contributed by atoms with E-state index in [9.17, 15) is 10.1 Å². The molecule has 1 saturated carbocycles. The third-order valence-electron chi connectivity index (χ3n) is 3.22. The Balaban J connectivity index is 2.25. The molecule has 0 bridgehead atoms. The van der Waals surface area contributed by atoms with Crippen molar-refractivity contribution in [2.75, 3.05) is 5.01 Å². The Labute approximate surface area is 116 Å². The second kappa shape index (κ2) is 6.20. The van der Waals surface area contributed by atoms with Crippen LogP contribution in [-0.4, -0.2) is 17.4 Å². The summed E-state index contributed by atoms with van der Waals surface area (Å²) >= 11 is 0. The van der Waals surface area contributed by atoms with Gasteiger partial charge in [-0.25, -0.2) is 5.84 Å². The fourth-order valence-corrected chi connectivity index (χ4v) is 2.23. The molecule has 108 valence electrons. The lowest BCUT2D eigenvalue weighted by molar-refractivity contribution is -0.386. The molecule has 1 aromatic carbocycles. The molecule has 0 amide bonds. The van der Waals surface area contributed by atoms with E-state index in [2.05, 4.69) is 5.10 Å². The Kier molecular flexibility index (Phi) is 4.36. The lowest BCUT2D eigenvalue weighted by Gasteiger charge is -2.16. The summed E-state index contributed by atoms with van der Waals surface area (Å²) in [5.74, 6) is 10.9. The highest BCUT2D eigenvalue weighted by molar-refractivity contribution is 5.78. The normalized spacial score (nSPS) is 15.7. The van der Waals surface area contributed by atoms with E-state index in [0.717, 1.165) is 37.0 Å². The fraction of sp³-hybridized carbons (Fsp3) is 0.417. The van der Waals surface area contributed by atoms with Gasteiger partial charge in [-0.15, -0.1) is 0 Å². The van der Waals surface area contributed by atoms with Crippen LogP contribution in [0, 0.1) is 10.1 Å². The molecule has 2 rings (SSSR count). The second-order valence-electron chi connectivity index (χ2n) is 4.61. The van der Waals surface area contributed by atoms with Crippen molar-refractivity contribution in [2.24, 2.45) is 16.8 Å². The van der Waals surface area contributed by atoms with E-state index in [4.69, 9.17) is 16.4 Å². The number of nitrogens with zero attached hydrogens (tertiary/aromatic N) is 3. The molecule has 0 unspecified atom stereocenters. The van der Waals surface area contributed by atoms with Crippen LogP contribution in [0.25, 0.3) is 0 Å². The van der Waals surface area contributed by atoms with E-state index in [1.165, 1.54) is 6.07 Å². The minimum absolute atomic E-state index is 0.0548. The Bertz CT molecular complexity index is 514. The lowest BCUT2D eigenvalue weighted by Crippen LogP contribution is -2.29. The van der Waals surface area contributed by atoms with E-state index >= 15 is 0 Å². The zero-order valence-corrected chi connectivity index (χ0v) is 10.9. The molecule has 0 spiro atoms. The van der Waals surface area contributed by atoms with Gasteiger partial charge in [0.2, 0.25) is 0 Å². The molecular formula is C12H17N5O3. The first-order chi connectivity index (χ1) is 9.61. The first-order valence-corrected chi connectivity index (χ1v) is 6.34. The van der Waals surface area contributed by atoms with Gasteiger partial charge in [-0.05, 0) is 37.8 Å². The molecule has 0 saturated heterocycles. The third kappa shape index (κ3) is 3.15. The summed E-state index contributed by atoms with van der Waals surface area (Å²) in [6.07, 6.45) is 5.28. The van der Waals surface area contributed by atoms with E-state index in [-0.39, 0.29) is 17.5 Å². The summed E-state index contributed by atoms with van der Waals surface area (Å²) in [6.45, 7) is 0. The van der Waals surface area contributed by atoms with Gasteiger partial charge in [0.15, 0.2) is 5.75 Å². The van der Waals surface area contributed by atoms with E-state index in [0.29, 0.717) is 5.69 Å². The van der Waals surface area contributed by atoms with Crippen LogP contribution in [0.1, 0.15) is 25.7 Å². The molecule has 1 aliphatic carbocycles. The third-order valence-corrected chi connectivity index (χ3v) is 3.22. The fourth-order valence-electron chi connectivity index (χ4n) is 2.23. The summed E-state index contributed by atoms with van der Waals surface area (Å²) in [6, 6.07) is 4.51. The highest BCUT2D eigenvalue weighted by atomic mass is 16.6. The van der Waals surface area contributed by atoms with Gasteiger partial charge in [0.1, 0.15) is 6.34 Å². The van der Waals surface area contributed by atoms with Crippen molar-refractivity contribution < 1.29 is 9.66 Å². The summed E-state index contributed by atoms with van der Waals surface area (Å²) in [4.78, 5) is 10.7. The standard InChI is InChI=1S/C12H17N5O3/c13-15-8-16(14)9-5-6-12(11(7-9)17(18)19)20-10-3-1-2-4-10/h5-8,10H,1-4,13-14H2/b15-8-. The first kappa shape index (κ1) is 14.1. The molecule has 0 atom stereocenters. The largest absolute Gasteiger partial charge is 0.484 e. The summed E-state index contributed by atoms with van der Waals surface area (Å²) in [7, 11) is 0. The summed E-state index contributed by atoms with van der Waals surface area (Å²) < 4.78 is 5.70. The molecule has 1 aromatic rings. The summed E-state index contributed by atoms with van der Waals surface area (Å²) in [5, 5.41) is 15.5. The van der Waals surface area contributed by atoms with Gasteiger partial charge in [0, 0.05) is 6.07 Å². The van der Waals surface area contributed by atoms with E-state index in [1.54, 1.807) is 12.1 Å². The minimum Gasteiger partial charge on any atom is -0.484 e. The molecular weight excluding hydrogens is 262 g/mol. The quantitative estimate of drug-likeness (QED) is 0.277. The molecule has 0 aliphatic heterocycles. The molecule has 1 fully saturated rings. The van der Waals surface area contributed by atoms with Crippen molar-refractivity contribution in [2.45, 2.75) is 31.8 Å². The van der Waals surface area contributed by atoms with Crippen LogP contribution in [0.4, 0.5) is 11.4 Å². The van der Waals surface area contributed by atoms with Gasteiger partial charge in [-0.3, -0.25) is 15.1 Å². The number of benzene rings is 1. The van der Waals surface area contributed by atoms with Gasteiger partial charge >= 0.3 is 5.69 Å². The smallest absolute Gasteiger partial charge is 0.313 e. The zero-order chi connectivity index (χ0) is 14.5. The Morgan fingerprint density at radius 2 is 2.15 bits per heavy atom. The van der Waals surface area contributed by atoms with Crippen LogP contribution in [0.3, 0.4) is 0 Å². The van der Waals surface area contributed by atoms with Gasteiger partial charge in [0.25, 0.3) is 0 Å². The number of nitrogens with two attached hydrogens (primary N) is 2. The maximum atomic E-state index is 11.1. The van der Waals surface area contributed by atoms with Gasteiger partial charge in [-0.2, -0.15) is 5.10 Å². The summed E-state index contributed by atoms with van der Waals surface area (Å²) in [5.41, 5.74) is 0.292. The Hall–Kier alpha value is -2.35. The molecule has 0 radical (unpaired) electrons. The Morgan fingerprint density at radius 1 is 1.45 bits per heavy atom. The number of hydrogen-bond acceptors (Lipinski definition) is 6. The number of hydrazone groups is 1. The number of hydrogen-bond donors (Lipinski definition) is 2. The number of nitro benzene ring substituents is 1. The number of ether oxygens (including phenoxy) is 1. The number of hydrazine groups is 1. The predicted molar refractivity (Wildman–Crippen MR) is 75.3 cm³/mol. The molecule has 8 heteroatoms. The average molecular weight is 279 g/mol. The molecule has 8 nitrogen and oxygen atoms in total. The van der Waals surface area contributed by atoms with Crippen LogP contribution < -0.4 is 21.4 Å². The topological polar surface area (TPSA) is 120 Å². The number of rotatable bonds is 5. The molecule has 4 N–H and O–H groups in total. The van der Waals surface area contributed by atoms with Crippen molar-refractivity contribution in [3.8, 4) is 5.75 Å². The molecule has 0 aromatic heterocycles. The molecule has 1 aliphatic rings. The van der Waals surface area contributed by atoms with Gasteiger partial charge in [-0.1, -0.05) is 0 Å². The van der Waals surface area contributed by atoms with Crippen molar-refractivity contribution in [3.63, 3.8) is 0 Å². The SMILES string of the molecule is N/N=C\N(N)c1ccc(OC2CCCC2)c([N+](=O)[O-])c1. The maximum Gasteiger partial charge on any atom is 0.313 e. The van der Waals surface area contributed by atoms with Crippen molar-refractivity contribution in [3.05, 3.63) is 28.3 Å². The van der Waals surface area contributed by atoms with Crippen molar-refractivity contribution in [1.82, 2.24) is 0 Å². The first-order valence-electron chi connectivity index (χ1n) is 6.34. The van der Waals surface area contributed by atoms with Crippen LogP contribution in [0.2, 0.25) is 0 Å². The van der Waals surface area contributed by atoms with E-state index in [1.807, 2.05) is 0 Å². The maximum absolute atomic E-state index is 11.1. The number of anilines is 1. The Morgan fingerprint density at radius 3 is 2.75 bits per heavy atom. The average Bonchev–Trinajstić information content (AvgIpc) is 2.92.